The molecule has 0 spiro atoms. The minimum Gasteiger partial charge on any atom is -0.296 e. The summed E-state index contributed by atoms with van der Waals surface area (Å²) in [7, 11) is 0. The largest absolute Gasteiger partial charge is 0.296 e. The average Bonchev–Trinajstić information content (AvgIpc) is 2.12. The first-order valence-electron chi connectivity index (χ1n) is 4.34. The van der Waals surface area contributed by atoms with E-state index in [2.05, 4.69) is 15.9 Å². The Labute approximate surface area is 99.0 Å². The number of nitrogens with one attached hydrogen (secondary N) is 1. The van der Waals surface area contributed by atoms with Crippen molar-refractivity contribution in [2.75, 3.05) is 0 Å². The maximum atomic E-state index is 13.1. The summed E-state index contributed by atoms with van der Waals surface area (Å²) in [6, 6.07) is 2.07. The van der Waals surface area contributed by atoms with Crippen LogP contribution in [0.4, 0.5) is 8.78 Å². The second kappa shape index (κ2) is 5.16. The standard InChI is InChI=1S/C10H8BrF2NO2/c1-5(15)14-9(16)4-6-2-7(12)10(11)8(13)3-6/h2-3H,4H2,1H3,(H,14,15,16). The Kier molecular flexibility index (Phi) is 4.12. The van der Waals surface area contributed by atoms with Gasteiger partial charge in [-0.25, -0.2) is 8.78 Å². The molecule has 2 amide bonds. The highest BCUT2D eigenvalue weighted by atomic mass is 79.9. The van der Waals surface area contributed by atoms with Crippen LogP contribution in [-0.4, -0.2) is 11.8 Å². The lowest BCUT2D eigenvalue weighted by Crippen LogP contribution is -2.29. The summed E-state index contributed by atoms with van der Waals surface area (Å²) < 4.78 is 25.9. The van der Waals surface area contributed by atoms with Crippen LogP contribution in [0, 0.1) is 11.6 Å². The molecule has 0 radical (unpaired) electrons. The van der Waals surface area contributed by atoms with Crippen LogP contribution in [-0.2, 0) is 16.0 Å². The number of benzene rings is 1. The molecule has 0 aliphatic heterocycles. The van der Waals surface area contributed by atoms with Crippen LogP contribution in [0.25, 0.3) is 0 Å². The Balaban J connectivity index is 2.82. The fraction of sp³-hybridized carbons (Fsp3) is 0.200. The zero-order chi connectivity index (χ0) is 12.3. The smallest absolute Gasteiger partial charge is 0.230 e. The molecule has 1 N–H and O–H groups in total. The number of carbonyl (C=O) groups is 2. The first kappa shape index (κ1) is 12.8. The number of amides is 2. The Morgan fingerprint density at radius 1 is 1.31 bits per heavy atom. The maximum absolute atomic E-state index is 13.1. The van der Waals surface area contributed by atoms with Crippen LogP contribution in [0.15, 0.2) is 16.6 Å². The van der Waals surface area contributed by atoms with Crippen molar-refractivity contribution in [3.05, 3.63) is 33.8 Å². The van der Waals surface area contributed by atoms with Crippen molar-refractivity contribution in [1.82, 2.24) is 5.32 Å². The summed E-state index contributed by atoms with van der Waals surface area (Å²) in [5.41, 5.74) is 0.164. The molecule has 0 heterocycles. The van der Waals surface area contributed by atoms with Gasteiger partial charge < -0.3 is 0 Å². The molecule has 0 saturated carbocycles. The number of halogens is 3. The number of hydrogen-bond acceptors (Lipinski definition) is 2. The molecule has 86 valence electrons. The van der Waals surface area contributed by atoms with E-state index in [1.807, 2.05) is 5.32 Å². The predicted molar refractivity (Wildman–Crippen MR) is 56.6 cm³/mol. The normalized spacial score (nSPS) is 10.0. The number of carbonyl (C=O) groups excluding carboxylic acids is 2. The lowest BCUT2D eigenvalue weighted by atomic mass is 10.1. The summed E-state index contributed by atoms with van der Waals surface area (Å²) in [4.78, 5) is 21.7. The van der Waals surface area contributed by atoms with Crippen molar-refractivity contribution in [2.45, 2.75) is 13.3 Å². The fourth-order valence-corrected chi connectivity index (χ4v) is 1.36. The molecule has 6 heteroatoms. The average molecular weight is 292 g/mol. The summed E-state index contributed by atoms with van der Waals surface area (Å²) in [6.07, 6.45) is -0.249. The first-order chi connectivity index (χ1) is 7.40. The van der Waals surface area contributed by atoms with Crippen LogP contribution in [0.3, 0.4) is 0 Å². The molecule has 0 aliphatic rings. The van der Waals surface area contributed by atoms with E-state index < -0.39 is 23.4 Å². The second-order valence-electron chi connectivity index (χ2n) is 3.15. The molecule has 1 aromatic carbocycles. The van der Waals surface area contributed by atoms with E-state index in [4.69, 9.17) is 0 Å². The fourth-order valence-electron chi connectivity index (χ4n) is 1.14. The molecule has 16 heavy (non-hydrogen) atoms. The Bertz CT molecular complexity index is 425. The molecule has 0 saturated heterocycles. The Morgan fingerprint density at radius 3 is 2.25 bits per heavy atom. The van der Waals surface area contributed by atoms with Gasteiger partial charge in [0.2, 0.25) is 11.8 Å². The molecule has 0 atom stereocenters. The summed E-state index contributed by atoms with van der Waals surface area (Å²) in [6.45, 7) is 1.18. The third-order valence-electron chi connectivity index (χ3n) is 1.72. The van der Waals surface area contributed by atoms with E-state index >= 15 is 0 Å². The molecule has 1 aromatic rings. The van der Waals surface area contributed by atoms with Crippen molar-refractivity contribution in [2.24, 2.45) is 0 Å². The molecule has 0 fully saturated rings. The van der Waals surface area contributed by atoms with E-state index in [0.29, 0.717) is 0 Å². The zero-order valence-corrected chi connectivity index (χ0v) is 9.90. The zero-order valence-electron chi connectivity index (χ0n) is 8.31. The molecular weight excluding hydrogens is 284 g/mol. The van der Waals surface area contributed by atoms with Crippen LogP contribution in [0.5, 0.6) is 0 Å². The van der Waals surface area contributed by atoms with Gasteiger partial charge in [-0.15, -0.1) is 0 Å². The van der Waals surface area contributed by atoms with E-state index in [9.17, 15) is 18.4 Å². The van der Waals surface area contributed by atoms with Crippen molar-refractivity contribution < 1.29 is 18.4 Å². The molecule has 0 aliphatic carbocycles. The van der Waals surface area contributed by atoms with Gasteiger partial charge in [0.1, 0.15) is 11.6 Å². The third-order valence-corrected chi connectivity index (χ3v) is 2.48. The number of hydrogen-bond donors (Lipinski definition) is 1. The summed E-state index contributed by atoms with van der Waals surface area (Å²) in [5, 5.41) is 2.01. The van der Waals surface area contributed by atoms with Crippen LogP contribution in [0.2, 0.25) is 0 Å². The molecule has 0 aromatic heterocycles. The SMILES string of the molecule is CC(=O)NC(=O)Cc1cc(F)c(Br)c(F)c1. The van der Waals surface area contributed by atoms with Crippen LogP contribution in [0.1, 0.15) is 12.5 Å². The van der Waals surface area contributed by atoms with Crippen LogP contribution < -0.4 is 5.32 Å². The molecule has 0 unspecified atom stereocenters. The van der Waals surface area contributed by atoms with Gasteiger partial charge in [-0.05, 0) is 33.6 Å². The maximum Gasteiger partial charge on any atom is 0.230 e. The topological polar surface area (TPSA) is 46.2 Å². The highest BCUT2D eigenvalue weighted by Crippen LogP contribution is 2.21. The van der Waals surface area contributed by atoms with Gasteiger partial charge in [-0.3, -0.25) is 14.9 Å². The van der Waals surface area contributed by atoms with Crippen LogP contribution >= 0.6 is 15.9 Å². The summed E-state index contributed by atoms with van der Waals surface area (Å²) in [5.74, 6) is -2.69. The molecule has 3 nitrogen and oxygen atoms in total. The summed E-state index contributed by atoms with van der Waals surface area (Å²) >= 11 is 2.72. The number of imide groups is 1. The van der Waals surface area contributed by atoms with Gasteiger partial charge in [0, 0.05) is 6.92 Å². The number of rotatable bonds is 2. The van der Waals surface area contributed by atoms with Gasteiger partial charge in [0.05, 0.1) is 10.9 Å². The van der Waals surface area contributed by atoms with E-state index in [0.717, 1.165) is 12.1 Å². The lowest BCUT2D eigenvalue weighted by Gasteiger charge is -2.03. The molecule has 1 rings (SSSR count). The van der Waals surface area contributed by atoms with Gasteiger partial charge in [0.15, 0.2) is 0 Å². The van der Waals surface area contributed by atoms with Crippen molar-refractivity contribution >= 4 is 27.7 Å². The predicted octanol–water partition coefficient (Wildman–Crippen LogP) is 1.93. The highest BCUT2D eigenvalue weighted by Gasteiger charge is 2.11. The van der Waals surface area contributed by atoms with Crippen molar-refractivity contribution in [1.29, 1.82) is 0 Å². The van der Waals surface area contributed by atoms with E-state index in [-0.39, 0.29) is 16.5 Å². The van der Waals surface area contributed by atoms with Gasteiger partial charge in [-0.1, -0.05) is 0 Å². The Morgan fingerprint density at radius 2 is 1.81 bits per heavy atom. The van der Waals surface area contributed by atoms with Gasteiger partial charge >= 0.3 is 0 Å². The third kappa shape index (κ3) is 3.37. The first-order valence-corrected chi connectivity index (χ1v) is 5.13. The van der Waals surface area contributed by atoms with E-state index in [1.54, 1.807) is 0 Å². The highest BCUT2D eigenvalue weighted by molar-refractivity contribution is 9.10. The lowest BCUT2D eigenvalue weighted by molar-refractivity contribution is -0.128. The minimum atomic E-state index is -0.786. The van der Waals surface area contributed by atoms with E-state index in [1.165, 1.54) is 6.92 Å². The van der Waals surface area contributed by atoms with Gasteiger partial charge in [-0.2, -0.15) is 0 Å². The minimum absolute atomic E-state index is 0.164. The second-order valence-corrected chi connectivity index (χ2v) is 3.95. The van der Waals surface area contributed by atoms with Gasteiger partial charge in [0.25, 0.3) is 0 Å². The Hall–Kier alpha value is -1.30. The molecular formula is C10H8BrF2NO2. The molecule has 0 bridgehead atoms. The monoisotopic (exact) mass is 291 g/mol. The van der Waals surface area contributed by atoms with Crippen molar-refractivity contribution in [3.63, 3.8) is 0 Å². The van der Waals surface area contributed by atoms with Crippen molar-refractivity contribution in [3.8, 4) is 0 Å². The quantitative estimate of drug-likeness (QED) is 0.847.